The third-order valence-electron chi connectivity index (χ3n) is 5.52. The van der Waals surface area contributed by atoms with Crippen molar-refractivity contribution in [3.05, 3.63) is 63.6 Å². The zero-order valence-corrected chi connectivity index (χ0v) is 21.1. The monoisotopic (exact) mass is 525 g/mol. The van der Waals surface area contributed by atoms with Crippen LogP contribution >= 0.6 is 23.2 Å². The van der Waals surface area contributed by atoms with Crippen LogP contribution in [0.5, 0.6) is 0 Å². The van der Waals surface area contributed by atoms with Crippen LogP contribution in [0.2, 0.25) is 10.0 Å². The van der Waals surface area contributed by atoms with E-state index in [9.17, 15) is 22.8 Å². The molecule has 0 spiro atoms. The minimum Gasteiger partial charge on any atom is -0.355 e. The summed E-state index contributed by atoms with van der Waals surface area (Å²) in [7, 11) is -3.94. The Balaban J connectivity index is 1.72. The lowest BCUT2D eigenvalue weighted by Gasteiger charge is -2.29. The molecule has 0 bridgehead atoms. The highest BCUT2D eigenvalue weighted by atomic mass is 35.5. The van der Waals surface area contributed by atoms with Gasteiger partial charge in [-0.05, 0) is 50.1 Å². The summed E-state index contributed by atoms with van der Waals surface area (Å²) >= 11 is 12.1. The highest BCUT2D eigenvalue weighted by Gasteiger charge is 2.40. The first-order valence-electron chi connectivity index (χ1n) is 10.7. The van der Waals surface area contributed by atoms with Gasteiger partial charge in [0.1, 0.15) is 10.9 Å². The Morgan fingerprint density at radius 2 is 1.82 bits per heavy atom. The summed E-state index contributed by atoms with van der Waals surface area (Å²) in [5.41, 5.74) is 0.812. The predicted molar refractivity (Wildman–Crippen MR) is 129 cm³/mol. The number of hydrogen-bond acceptors (Lipinski definition) is 5. The molecule has 0 unspecified atom stereocenters. The van der Waals surface area contributed by atoms with Crippen LogP contribution in [0.1, 0.15) is 42.6 Å². The molecular formula is C23H25Cl2N3O5S. The van der Waals surface area contributed by atoms with E-state index in [0.29, 0.717) is 22.2 Å². The molecule has 0 fully saturated rings. The number of benzene rings is 2. The van der Waals surface area contributed by atoms with Gasteiger partial charge in [0.2, 0.25) is 11.8 Å². The molecule has 3 rings (SSSR count). The van der Waals surface area contributed by atoms with Crippen molar-refractivity contribution in [3.63, 3.8) is 0 Å². The van der Waals surface area contributed by atoms with Crippen molar-refractivity contribution in [1.82, 2.24) is 14.5 Å². The molecule has 2 aromatic carbocycles. The van der Waals surface area contributed by atoms with Crippen molar-refractivity contribution in [3.8, 4) is 0 Å². The summed E-state index contributed by atoms with van der Waals surface area (Å²) in [6, 6.07) is 10.2. The first-order valence-corrected chi connectivity index (χ1v) is 12.9. The van der Waals surface area contributed by atoms with Crippen molar-refractivity contribution in [2.75, 3.05) is 13.1 Å². The summed E-state index contributed by atoms with van der Waals surface area (Å²) in [5.74, 6) is -1.28. The van der Waals surface area contributed by atoms with E-state index in [4.69, 9.17) is 23.2 Å². The summed E-state index contributed by atoms with van der Waals surface area (Å²) < 4.78 is 26.2. The van der Waals surface area contributed by atoms with E-state index in [1.165, 1.54) is 17.0 Å². The van der Waals surface area contributed by atoms with E-state index >= 15 is 0 Å². The second-order valence-corrected chi connectivity index (χ2v) is 10.5. The maximum Gasteiger partial charge on any atom is 0.269 e. The molecule has 0 saturated carbocycles. The number of hydrogen-bond donors (Lipinski definition) is 1. The fourth-order valence-corrected chi connectivity index (χ4v) is 5.64. The first-order chi connectivity index (χ1) is 16.1. The Kier molecular flexibility index (Phi) is 8.22. The lowest BCUT2D eigenvalue weighted by molar-refractivity contribution is -0.140. The summed E-state index contributed by atoms with van der Waals surface area (Å²) in [5, 5.41) is 3.40. The van der Waals surface area contributed by atoms with Gasteiger partial charge in [0.05, 0.1) is 15.6 Å². The number of halogens is 2. The van der Waals surface area contributed by atoms with Crippen LogP contribution in [0.4, 0.5) is 0 Å². The highest BCUT2D eigenvalue weighted by Crippen LogP contribution is 2.30. The summed E-state index contributed by atoms with van der Waals surface area (Å²) in [6.07, 6.45) is 0.0541. The number of likely N-dealkylation sites (N-methyl/N-ethyl adjacent to an activating group) is 1. The smallest absolute Gasteiger partial charge is 0.269 e. The predicted octanol–water partition coefficient (Wildman–Crippen LogP) is 3.47. The summed E-state index contributed by atoms with van der Waals surface area (Å²) in [6.45, 7) is 3.78. The zero-order valence-electron chi connectivity index (χ0n) is 18.8. The molecule has 0 radical (unpaired) electrons. The standard InChI is InChI=1S/C23H25Cl2N3O5S/c1-3-26-22(30)15(2)27(14-16-10-11-18(24)19(25)13-16)21(29)9-6-12-28-23(31)17-7-4-5-8-20(17)34(28,32)33/h4-5,7-8,10-11,13,15H,3,6,9,12,14H2,1-2H3,(H,26,30)/t15-/m1/s1. The molecular weight excluding hydrogens is 501 g/mol. The van der Waals surface area contributed by atoms with Gasteiger partial charge < -0.3 is 10.2 Å². The van der Waals surface area contributed by atoms with Crippen molar-refractivity contribution >= 4 is 50.9 Å². The van der Waals surface area contributed by atoms with Gasteiger partial charge in [-0.15, -0.1) is 0 Å². The Labute approximate surface area is 208 Å². The van der Waals surface area contributed by atoms with Gasteiger partial charge in [-0.2, -0.15) is 0 Å². The molecule has 1 aliphatic heterocycles. The molecule has 0 saturated heterocycles. The molecule has 1 atom stereocenters. The van der Waals surface area contributed by atoms with Crippen molar-refractivity contribution in [2.45, 2.75) is 44.2 Å². The number of amides is 3. The molecule has 34 heavy (non-hydrogen) atoms. The lowest BCUT2D eigenvalue weighted by Crippen LogP contribution is -2.47. The molecule has 1 aliphatic rings. The number of fused-ring (bicyclic) bond motifs is 1. The average Bonchev–Trinajstić information content (AvgIpc) is 3.00. The van der Waals surface area contributed by atoms with E-state index < -0.39 is 22.0 Å². The fraction of sp³-hybridized carbons (Fsp3) is 0.348. The molecule has 1 heterocycles. The Bertz CT molecular complexity index is 1220. The largest absolute Gasteiger partial charge is 0.355 e. The van der Waals surface area contributed by atoms with Crippen molar-refractivity contribution in [2.24, 2.45) is 0 Å². The van der Waals surface area contributed by atoms with Gasteiger partial charge in [-0.3, -0.25) is 14.4 Å². The topological polar surface area (TPSA) is 104 Å². The third-order valence-corrected chi connectivity index (χ3v) is 8.10. The number of rotatable bonds is 9. The molecule has 11 heteroatoms. The van der Waals surface area contributed by atoms with E-state index in [0.717, 1.165) is 4.31 Å². The molecule has 1 N–H and O–H groups in total. The van der Waals surface area contributed by atoms with E-state index in [1.54, 1.807) is 44.2 Å². The molecule has 3 amide bonds. The van der Waals surface area contributed by atoms with Crippen molar-refractivity contribution < 1.29 is 22.8 Å². The van der Waals surface area contributed by atoms with Gasteiger partial charge in [0.15, 0.2) is 0 Å². The molecule has 182 valence electrons. The first kappa shape index (κ1) is 26.0. The Hall–Kier alpha value is -2.62. The van der Waals surface area contributed by atoms with Crippen molar-refractivity contribution in [1.29, 1.82) is 0 Å². The Morgan fingerprint density at radius 1 is 1.12 bits per heavy atom. The zero-order chi connectivity index (χ0) is 25.0. The molecule has 0 aliphatic carbocycles. The number of sulfonamides is 1. The summed E-state index contributed by atoms with van der Waals surface area (Å²) in [4.78, 5) is 39.5. The quantitative estimate of drug-likeness (QED) is 0.539. The molecule has 2 aromatic rings. The maximum atomic E-state index is 13.1. The minimum absolute atomic E-state index is 0.0302. The Morgan fingerprint density at radius 3 is 2.47 bits per heavy atom. The van der Waals surface area contributed by atoms with E-state index in [1.807, 2.05) is 0 Å². The van der Waals surface area contributed by atoms with Crippen LogP contribution in [-0.4, -0.2) is 54.5 Å². The molecule has 0 aromatic heterocycles. The lowest BCUT2D eigenvalue weighted by atomic mass is 10.1. The third kappa shape index (κ3) is 5.37. The van der Waals surface area contributed by atoms with Crippen LogP contribution in [0.25, 0.3) is 0 Å². The van der Waals surface area contributed by atoms with Crippen LogP contribution in [0.3, 0.4) is 0 Å². The van der Waals surface area contributed by atoms with Crippen LogP contribution < -0.4 is 5.32 Å². The van der Waals surface area contributed by atoms with Gasteiger partial charge in [-0.25, -0.2) is 12.7 Å². The minimum atomic E-state index is -3.94. The van der Waals surface area contributed by atoms with Crippen LogP contribution in [0, 0.1) is 0 Å². The fourth-order valence-electron chi connectivity index (χ4n) is 3.71. The van der Waals surface area contributed by atoms with Gasteiger partial charge >= 0.3 is 0 Å². The van der Waals surface area contributed by atoms with E-state index in [-0.39, 0.29) is 48.2 Å². The maximum absolute atomic E-state index is 13.1. The van der Waals surface area contributed by atoms with Crippen LogP contribution in [-0.2, 0) is 26.2 Å². The van der Waals surface area contributed by atoms with Gasteiger partial charge in [0.25, 0.3) is 15.9 Å². The second-order valence-electron chi connectivity index (χ2n) is 7.82. The van der Waals surface area contributed by atoms with Gasteiger partial charge in [0, 0.05) is 26.1 Å². The number of carbonyl (C=O) groups is 3. The number of carbonyl (C=O) groups excluding carboxylic acids is 3. The average molecular weight is 526 g/mol. The van der Waals surface area contributed by atoms with E-state index in [2.05, 4.69) is 5.32 Å². The van der Waals surface area contributed by atoms with Crippen LogP contribution in [0.15, 0.2) is 47.4 Å². The highest BCUT2D eigenvalue weighted by molar-refractivity contribution is 7.90. The normalized spacial score (nSPS) is 15.1. The number of nitrogens with zero attached hydrogens (tertiary/aromatic N) is 2. The number of nitrogens with one attached hydrogen (secondary N) is 1. The second kappa shape index (κ2) is 10.8. The molecule has 8 nitrogen and oxygen atoms in total. The SMILES string of the molecule is CCNC(=O)[C@@H](C)N(Cc1ccc(Cl)c(Cl)c1)C(=O)CCCN1C(=O)c2ccccc2S1(=O)=O. The van der Waals surface area contributed by atoms with Gasteiger partial charge in [-0.1, -0.05) is 41.4 Å².